The summed E-state index contributed by atoms with van der Waals surface area (Å²) in [6, 6.07) is -0.151. The van der Waals surface area contributed by atoms with Crippen LogP contribution in [-0.2, 0) is 11.2 Å². The average Bonchev–Trinajstić information content (AvgIpc) is 3.11. The Balaban J connectivity index is 1.73. The number of carbonyl (C=O) groups excluding carboxylic acids is 1. The second-order valence-electron chi connectivity index (χ2n) is 7.48. The second-order valence-corrected chi connectivity index (χ2v) is 7.48. The molecule has 1 amide bonds. The molecule has 3 rings (SSSR count). The van der Waals surface area contributed by atoms with Gasteiger partial charge in [-0.3, -0.25) is 4.79 Å². The Bertz CT molecular complexity index is 844. The molecule has 0 spiro atoms. The standard InChI is InChI=1S/C19H27N5O3/c1-11(2)17-22-18(27-23-17)15-7-5-6-10-24(15)16(25)9-8-14-12(3)20-19(26)21-13(14)4/h11,15H,5-10H2,1-4H3,(H,20,21,26). The summed E-state index contributed by atoms with van der Waals surface area (Å²) in [6.07, 6.45) is 3.76. The van der Waals surface area contributed by atoms with Crippen molar-refractivity contribution >= 4 is 5.91 Å². The van der Waals surface area contributed by atoms with E-state index in [0.29, 0.717) is 36.8 Å². The number of nitrogens with zero attached hydrogens (tertiary/aromatic N) is 4. The lowest BCUT2D eigenvalue weighted by Gasteiger charge is -2.33. The first-order chi connectivity index (χ1) is 12.9. The van der Waals surface area contributed by atoms with Crippen LogP contribution in [0.4, 0.5) is 0 Å². The third-order valence-electron chi connectivity index (χ3n) is 5.12. The van der Waals surface area contributed by atoms with Crippen LogP contribution >= 0.6 is 0 Å². The maximum Gasteiger partial charge on any atom is 0.345 e. The lowest BCUT2D eigenvalue weighted by Crippen LogP contribution is -2.38. The van der Waals surface area contributed by atoms with Crippen molar-refractivity contribution in [3.63, 3.8) is 0 Å². The van der Waals surface area contributed by atoms with Crippen molar-refractivity contribution in [2.45, 2.75) is 71.8 Å². The van der Waals surface area contributed by atoms with Gasteiger partial charge in [0.2, 0.25) is 11.8 Å². The Morgan fingerprint density at radius 1 is 1.30 bits per heavy atom. The van der Waals surface area contributed by atoms with Crippen molar-refractivity contribution in [1.82, 2.24) is 25.0 Å². The molecule has 3 heterocycles. The second kappa shape index (κ2) is 8.02. The van der Waals surface area contributed by atoms with Crippen LogP contribution in [0.3, 0.4) is 0 Å². The van der Waals surface area contributed by atoms with Gasteiger partial charge in [-0.15, -0.1) is 0 Å². The molecule has 0 saturated carbocycles. The van der Waals surface area contributed by atoms with E-state index >= 15 is 0 Å². The molecule has 1 atom stereocenters. The van der Waals surface area contributed by atoms with Crippen molar-refractivity contribution in [1.29, 1.82) is 0 Å². The Hall–Kier alpha value is -2.51. The van der Waals surface area contributed by atoms with Crippen LogP contribution < -0.4 is 5.69 Å². The number of amides is 1. The maximum absolute atomic E-state index is 12.9. The van der Waals surface area contributed by atoms with E-state index in [-0.39, 0.29) is 23.6 Å². The van der Waals surface area contributed by atoms with Crippen molar-refractivity contribution < 1.29 is 9.32 Å². The molecular formula is C19H27N5O3. The average molecular weight is 373 g/mol. The quantitative estimate of drug-likeness (QED) is 0.863. The van der Waals surface area contributed by atoms with Gasteiger partial charge in [-0.05, 0) is 45.1 Å². The summed E-state index contributed by atoms with van der Waals surface area (Å²) < 4.78 is 5.46. The largest absolute Gasteiger partial charge is 0.345 e. The van der Waals surface area contributed by atoms with E-state index in [1.807, 2.05) is 25.7 Å². The van der Waals surface area contributed by atoms with E-state index in [0.717, 1.165) is 30.5 Å². The van der Waals surface area contributed by atoms with Crippen molar-refractivity contribution in [2.24, 2.45) is 0 Å². The van der Waals surface area contributed by atoms with Crippen molar-refractivity contribution in [2.75, 3.05) is 6.54 Å². The topological polar surface area (TPSA) is 105 Å². The molecule has 0 bridgehead atoms. The van der Waals surface area contributed by atoms with E-state index in [9.17, 15) is 9.59 Å². The van der Waals surface area contributed by atoms with Crippen LogP contribution in [0, 0.1) is 13.8 Å². The Labute approximate surface area is 158 Å². The Morgan fingerprint density at radius 2 is 2.07 bits per heavy atom. The van der Waals surface area contributed by atoms with Crippen LogP contribution in [0.25, 0.3) is 0 Å². The Morgan fingerprint density at radius 3 is 2.74 bits per heavy atom. The minimum Gasteiger partial charge on any atom is -0.337 e. The van der Waals surface area contributed by atoms with Crippen molar-refractivity contribution in [3.8, 4) is 0 Å². The van der Waals surface area contributed by atoms with Crippen LogP contribution in [-0.4, -0.2) is 37.5 Å². The molecular weight excluding hydrogens is 346 g/mol. The maximum atomic E-state index is 12.9. The highest BCUT2D eigenvalue weighted by Crippen LogP contribution is 2.31. The first-order valence-corrected chi connectivity index (χ1v) is 9.56. The van der Waals surface area contributed by atoms with E-state index < -0.39 is 0 Å². The molecule has 0 radical (unpaired) electrons. The molecule has 1 saturated heterocycles. The highest BCUT2D eigenvalue weighted by Gasteiger charge is 2.32. The number of rotatable bonds is 5. The number of likely N-dealkylation sites (tertiary alicyclic amines) is 1. The molecule has 1 fully saturated rings. The molecule has 2 aromatic rings. The van der Waals surface area contributed by atoms with E-state index in [1.54, 1.807) is 6.92 Å². The normalized spacial score (nSPS) is 17.5. The number of hydrogen-bond donors (Lipinski definition) is 1. The molecule has 0 aromatic carbocycles. The summed E-state index contributed by atoms with van der Waals surface area (Å²) in [7, 11) is 0. The highest BCUT2D eigenvalue weighted by atomic mass is 16.5. The van der Waals surface area contributed by atoms with E-state index in [2.05, 4.69) is 20.1 Å². The Kier molecular flexibility index (Phi) is 5.72. The summed E-state index contributed by atoms with van der Waals surface area (Å²) in [6.45, 7) is 8.37. The first-order valence-electron chi connectivity index (χ1n) is 9.56. The summed E-state index contributed by atoms with van der Waals surface area (Å²) >= 11 is 0. The third kappa shape index (κ3) is 4.26. The predicted octanol–water partition coefficient (Wildman–Crippen LogP) is 2.58. The highest BCUT2D eigenvalue weighted by molar-refractivity contribution is 5.77. The molecule has 2 aromatic heterocycles. The van der Waals surface area contributed by atoms with Gasteiger partial charge in [-0.1, -0.05) is 19.0 Å². The summed E-state index contributed by atoms with van der Waals surface area (Å²) in [5, 5.41) is 4.04. The van der Waals surface area contributed by atoms with Gasteiger partial charge in [-0.25, -0.2) is 4.79 Å². The molecule has 8 nitrogen and oxygen atoms in total. The minimum absolute atomic E-state index is 0.0639. The fourth-order valence-electron chi connectivity index (χ4n) is 3.60. The number of carbonyl (C=O) groups is 1. The molecule has 146 valence electrons. The number of aromatic amines is 1. The lowest BCUT2D eigenvalue weighted by molar-refractivity contribution is -0.135. The number of aryl methyl sites for hydroxylation is 2. The third-order valence-corrected chi connectivity index (χ3v) is 5.12. The zero-order valence-electron chi connectivity index (χ0n) is 16.4. The van der Waals surface area contributed by atoms with Gasteiger partial charge >= 0.3 is 5.69 Å². The molecule has 1 N–H and O–H groups in total. The number of hydrogen-bond acceptors (Lipinski definition) is 6. The summed E-state index contributed by atoms with van der Waals surface area (Å²) in [5.41, 5.74) is 2.02. The van der Waals surface area contributed by atoms with Crippen LogP contribution in [0.2, 0.25) is 0 Å². The molecule has 27 heavy (non-hydrogen) atoms. The number of nitrogens with one attached hydrogen (secondary N) is 1. The fraction of sp³-hybridized carbons (Fsp3) is 0.632. The van der Waals surface area contributed by atoms with Gasteiger partial charge in [0.1, 0.15) is 6.04 Å². The fourth-order valence-corrected chi connectivity index (χ4v) is 3.60. The van der Waals surface area contributed by atoms with Crippen LogP contribution in [0.5, 0.6) is 0 Å². The van der Waals surface area contributed by atoms with Gasteiger partial charge in [0.25, 0.3) is 0 Å². The predicted molar refractivity (Wildman–Crippen MR) is 99.3 cm³/mol. The zero-order chi connectivity index (χ0) is 19.6. The van der Waals surface area contributed by atoms with Gasteiger partial charge in [0.05, 0.1) is 0 Å². The van der Waals surface area contributed by atoms with Gasteiger partial charge in [0, 0.05) is 30.3 Å². The van der Waals surface area contributed by atoms with Gasteiger partial charge in [-0.2, -0.15) is 9.97 Å². The van der Waals surface area contributed by atoms with Crippen LogP contribution in [0.15, 0.2) is 9.32 Å². The summed E-state index contributed by atoms with van der Waals surface area (Å²) in [4.78, 5) is 37.4. The molecule has 1 aliphatic heterocycles. The molecule has 0 aliphatic carbocycles. The smallest absolute Gasteiger partial charge is 0.337 e. The first kappa shape index (κ1) is 19.3. The van der Waals surface area contributed by atoms with Gasteiger partial charge in [0.15, 0.2) is 5.82 Å². The molecule has 8 heteroatoms. The monoisotopic (exact) mass is 373 g/mol. The number of piperidine rings is 1. The van der Waals surface area contributed by atoms with Crippen molar-refractivity contribution in [3.05, 3.63) is 39.2 Å². The van der Waals surface area contributed by atoms with Crippen LogP contribution in [0.1, 0.15) is 80.2 Å². The SMILES string of the molecule is Cc1nc(=O)[nH]c(C)c1CCC(=O)N1CCCCC1c1nc(C(C)C)no1. The van der Waals surface area contributed by atoms with E-state index in [1.165, 1.54) is 0 Å². The lowest BCUT2D eigenvalue weighted by atomic mass is 10.00. The van der Waals surface area contributed by atoms with Gasteiger partial charge < -0.3 is 14.4 Å². The van der Waals surface area contributed by atoms with E-state index in [4.69, 9.17) is 4.52 Å². The number of H-pyrrole nitrogens is 1. The zero-order valence-corrected chi connectivity index (χ0v) is 16.4. The number of aromatic nitrogens is 4. The molecule has 1 aliphatic rings. The minimum atomic E-state index is -0.353. The summed E-state index contributed by atoms with van der Waals surface area (Å²) in [5.74, 6) is 1.46. The molecule has 1 unspecified atom stereocenters.